The average Bonchev–Trinajstić information content (AvgIpc) is 3.11. The number of thiazole rings is 1. The fourth-order valence-corrected chi connectivity index (χ4v) is 4.46. The molecular weight excluding hydrogens is 310 g/mol. The monoisotopic (exact) mass is 335 g/mol. The van der Waals surface area contributed by atoms with Gasteiger partial charge in [-0.05, 0) is 33.1 Å². The number of rotatable bonds is 4. The van der Waals surface area contributed by atoms with Crippen LogP contribution in [-0.2, 0) is 9.59 Å². The second-order valence-electron chi connectivity index (χ2n) is 6.61. The number of hydrogen-bond acceptors (Lipinski definition) is 4. The largest absolute Gasteiger partial charge is 0.342 e. The molecule has 6 heteroatoms. The maximum atomic E-state index is 12.5. The van der Waals surface area contributed by atoms with Crippen LogP contribution in [-0.4, -0.2) is 52.8 Å². The van der Waals surface area contributed by atoms with Gasteiger partial charge in [0.15, 0.2) is 0 Å². The number of piperidine rings is 1. The van der Waals surface area contributed by atoms with Crippen molar-refractivity contribution >= 4 is 23.2 Å². The third-order valence-electron chi connectivity index (χ3n) is 4.94. The van der Waals surface area contributed by atoms with Crippen LogP contribution < -0.4 is 0 Å². The van der Waals surface area contributed by atoms with Gasteiger partial charge in [-0.2, -0.15) is 0 Å². The number of likely N-dealkylation sites (tertiary alicyclic amines) is 2. The SMILES string of the molecule is Cc1nc([C@H]2CCCN(C(=O)CCN3CCCC3=O)C2)sc1C. The van der Waals surface area contributed by atoms with E-state index in [0.717, 1.165) is 44.6 Å². The molecule has 3 heterocycles. The first kappa shape index (κ1) is 16.4. The Kier molecular flexibility index (Phi) is 4.99. The van der Waals surface area contributed by atoms with E-state index in [4.69, 9.17) is 0 Å². The predicted molar refractivity (Wildman–Crippen MR) is 90.6 cm³/mol. The highest BCUT2D eigenvalue weighted by molar-refractivity contribution is 7.11. The molecule has 2 fully saturated rings. The number of aromatic nitrogens is 1. The van der Waals surface area contributed by atoms with E-state index in [1.54, 1.807) is 11.3 Å². The molecule has 1 aromatic heterocycles. The molecule has 0 aliphatic carbocycles. The molecule has 2 saturated heterocycles. The van der Waals surface area contributed by atoms with E-state index in [2.05, 4.69) is 11.9 Å². The molecule has 23 heavy (non-hydrogen) atoms. The minimum Gasteiger partial charge on any atom is -0.342 e. The maximum absolute atomic E-state index is 12.5. The minimum atomic E-state index is 0.180. The van der Waals surface area contributed by atoms with Gasteiger partial charge in [0.05, 0.1) is 10.7 Å². The van der Waals surface area contributed by atoms with Crippen molar-refractivity contribution in [1.29, 1.82) is 0 Å². The Bertz CT molecular complexity index is 579. The van der Waals surface area contributed by atoms with E-state index in [1.165, 1.54) is 9.88 Å². The average molecular weight is 335 g/mol. The summed E-state index contributed by atoms with van der Waals surface area (Å²) in [6, 6.07) is 0. The molecule has 126 valence electrons. The summed E-state index contributed by atoms with van der Waals surface area (Å²) in [6.45, 7) is 7.16. The van der Waals surface area contributed by atoms with Gasteiger partial charge in [-0.1, -0.05) is 0 Å². The summed E-state index contributed by atoms with van der Waals surface area (Å²) in [7, 11) is 0. The quantitative estimate of drug-likeness (QED) is 0.849. The summed E-state index contributed by atoms with van der Waals surface area (Å²) in [5.74, 6) is 0.751. The van der Waals surface area contributed by atoms with Crippen LogP contribution in [0.5, 0.6) is 0 Å². The second kappa shape index (κ2) is 6.99. The first-order valence-electron chi connectivity index (χ1n) is 8.54. The highest BCUT2D eigenvalue weighted by Crippen LogP contribution is 2.31. The van der Waals surface area contributed by atoms with Crippen molar-refractivity contribution in [2.24, 2.45) is 0 Å². The summed E-state index contributed by atoms with van der Waals surface area (Å²) in [5.41, 5.74) is 1.11. The number of hydrogen-bond donors (Lipinski definition) is 0. The van der Waals surface area contributed by atoms with Crippen molar-refractivity contribution in [3.63, 3.8) is 0 Å². The van der Waals surface area contributed by atoms with Crippen LogP contribution in [0.1, 0.15) is 53.6 Å². The smallest absolute Gasteiger partial charge is 0.224 e. The standard InChI is InChI=1S/C17H25N3O2S/c1-12-13(2)23-17(18-12)14-5-3-9-20(11-14)16(22)7-10-19-8-4-6-15(19)21/h14H,3-11H2,1-2H3/t14-/m0/s1. The topological polar surface area (TPSA) is 53.5 Å². The van der Waals surface area contributed by atoms with Gasteiger partial charge in [-0.3, -0.25) is 9.59 Å². The van der Waals surface area contributed by atoms with Gasteiger partial charge in [0, 0.05) is 49.8 Å². The van der Waals surface area contributed by atoms with Gasteiger partial charge in [0.2, 0.25) is 11.8 Å². The second-order valence-corrected chi connectivity index (χ2v) is 7.84. The third-order valence-corrected chi connectivity index (χ3v) is 6.17. The summed E-state index contributed by atoms with van der Waals surface area (Å²) in [4.78, 5) is 33.9. The minimum absolute atomic E-state index is 0.180. The molecule has 3 rings (SSSR count). The Labute approximate surface area is 141 Å². The predicted octanol–water partition coefficient (Wildman–Crippen LogP) is 2.48. The van der Waals surface area contributed by atoms with Crippen molar-refractivity contribution in [3.05, 3.63) is 15.6 Å². The molecule has 0 saturated carbocycles. The zero-order chi connectivity index (χ0) is 16.4. The summed E-state index contributed by atoms with van der Waals surface area (Å²) < 4.78 is 0. The van der Waals surface area contributed by atoms with Crippen molar-refractivity contribution in [1.82, 2.24) is 14.8 Å². The zero-order valence-electron chi connectivity index (χ0n) is 14.0. The summed E-state index contributed by atoms with van der Waals surface area (Å²) >= 11 is 1.77. The van der Waals surface area contributed by atoms with E-state index in [-0.39, 0.29) is 11.8 Å². The van der Waals surface area contributed by atoms with Crippen molar-refractivity contribution < 1.29 is 9.59 Å². The van der Waals surface area contributed by atoms with Crippen LogP contribution in [0.4, 0.5) is 0 Å². The van der Waals surface area contributed by atoms with Crippen LogP contribution in [0.3, 0.4) is 0 Å². The van der Waals surface area contributed by atoms with Gasteiger partial charge < -0.3 is 9.80 Å². The van der Waals surface area contributed by atoms with Crippen LogP contribution in [0.25, 0.3) is 0 Å². The molecule has 0 spiro atoms. The fourth-order valence-electron chi connectivity index (χ4n) is 3.41. The lowest BCUT2D eigenvalue weighted by Crippen LogP contribution is -2.40. The number of amides is 2. The molecule has 0 radical (unpaired) electrons. The number of nitrogens with zero attached hydrogens (tertiary/aromatic N) is 3. The summed E-state index contributed by atoms with van der Waals surface area (Å²) in [6.07, 6.45) is 4.18. The molecule has 0 bridgehead atoms. The molecule has 1 aromatic rings. The third kappa shape index (κ3) is 3.74. The molecule has 1 atom stereocenters. The van der Waals surface area contributed by atoms with Gasteiger partial charge in [-0.15, -0.1) is 11.3 Å². The Hall–Kier alpha value is -1.43. The van der Waals surface area contributed by atoms with Crippen LogP contribution >= 0.6 is 11.3 Å². The Morgan fingerprint density at radius 3 is 2.78 bits per heavy atom. The summed E-state index contributed by atoms with van der Waals surface area (Å²) in [5, 5.41) is 1.17. The Morgan fingerprint density at radius 2 is 2.13 bits per heavy atom. The Morgan fingerprint density at radius 1 is 1.30 bits per heavy atom. The lowest BCUT2D eigenvalue weighted by molar-refractivity contribution is -0.133. The molecule has 2 aliphatic rings. The molecule has 0 N–H and O–H groups in total. The van der Waals surface area contributed by atoms with E-state index < -0.39 is 0 Å². The lowest BCUT2D eigenvalue weighted by atomic mass is 9.98. The van der Waals surface area contributed by atoms with Crippen molar-refractivity contribution in [3.8, 4) is 0 Å². The van der Waals surface area contributed by atoms with Crippen LogP contribution in [0, 0.1) is 13.8 Å². The Balaban J connectivity index is 1.55. The molecule has 0 aromatic carbocycles. The fraction of sp³-hybridized carbons (Fsp3) is 0.706. The normalized spacial score (nSPS) is 22.0. The highest BCUT2D eigenvalue weighted by atomic mass is 32.1. The first-order valence-corrected chi connectivity index (χ1v) is 9.35. The molecule has 5 nitrogen and oxygen atoms in total. The van der Waals surface area contributed by atoms with Gasteiger partial charge in [-0.25, -0.2) is 4.98 Å². The number of carbonyl (C=O) groups excluding carboxylic acids is 2. The number of carbonyl (C=O) groups is 2. The van der Waals surface area contributed by atoms with Gasteiger partial charge in [0.1, 0.15) is 0 Å². The van der Waals surface area contributed by atoms with Crippen molar-refractivity contribution in [2.75, 3.05) is 26.2 Å². The number of aryl methyl sites for hydroxylation is 2. The van der Waals surface area contributed by atoms with Crippen molar-refractivity contribution in [2.45, 2.75) is 51.9 Å². The van der Waals surface area contributed by atoms with Crippen LogP contribution in [0.15, 0.2) is 0 Å². The van der Waals surface area contributed by atoms with Gasteiger partial charge in [0.25, 0.3) is 0 Å². The van der Waals surface area contributed by atoms with E-state index in [9.17, 15) is 9.59 Å². The first-order chi connectivity index (χ1) is 11.0. The van der Waals surface area contributed by atoms with E-state index >= 15 is 0 Å². The molecule has 2 aliphatic heterocycles. The molecule has 0 unspecified atom stereocenters. The van der Waals surface area contributed by atoms with Gasteiger partial charge >= 0.3 is 0 Å². The van der Waals surface area contributed by atoms with Crippen LogP contribution in [0.2, 0.25) is 0 Å². The van der Waals surface area contributed by atoms with E-state index in [1.807, 2.05) is 16.7 Å². The highest BCUT2D eigenvalue weighted by Gasteiger charge is 2.28. The zero-order valence-corrected chi connectivity index (χ0v) is 14.8. The van der Waals surface area contributed by atoms with E-state index in [0.29, 0.717) is 25.3 Å². The maximum Gasteiger partial charge on any atom is 0.224 e. The lowest BCUT2D eigenvalue weighted by Gasteiger charge is -2.32. The molecule has 2 amide bonds. The molecular formula is C17H25N3O2S.